The summed E-state index contributed by atoms with van der Waals surface area (Å²) in [5, 5.41) is 3.52. The first-order chi connectivity index (χ1) is 9.32. The van der Waals surface area contributed by atoms with Crippen LogP contribution >= 0.6 is 11.3 Å². The summed E-state index contributed by atoms with van der Waals surface area (Å²) in [5.74, 6) is 1.09. The number of sulfone groups is 1. The van der Waals surface area contributed by atoms with Gasteiger partial charge < -0.3 is 5.32 Å². The molecule has 5 nitrogen and oxygen atoms in total. The molecule has 0 aliphatic carbocycles. The number of anilines is 1. The zero-order valence-corrected chi connectivity index (χ0v) is 13.7. The molecule has 0 saturated heterocycles. The van der Waals surface area contributed by atoms with Gasteiger partial charge in [0.1, 0.15) is 21.7 Å². The van der Waals surface area contributed by atoms with Gasteiger partial charge in [-0.3, -0.25) is 0 Å². The molecule has 20 heavy (non-hydrogen) atoms. The highest BCUT2D eigenvalue weighted by Crippen LogP contribution is 2.30. The van der Waals surface area contributed by atoms with Crippen LogP contribution in [-0.4, -0.2) is 31.2 Å². The standard InChI is InChI=1S/C13H19N3O2S2/c1-5-6-14-12-10-7-8(2)19-13(10)16-11(15-12)9(3)20(4,17)18/h7,9H,5-6H2,1-4H3,(H,14,15,16). The third-order valence-electron chi connectivity index (χ3n) is 3.08. The van der Waals surface area contributed by atoms with E-state index in [4.69, 9.17) is 0 Å². The predicted octanol–water partition coefficient (Wildman–Crippen LogP) is 2.93. The van der Waals surface area contributed by atoms with E-state index in [0.717, 1.165) is 33.9 Å². The highest BCUT2D eigenvalue weighted by atomic mass is 32.2. The van der Waals surface area contributed by atoms with E-state index in [1.54, 1.807) is 18.3 Å². The SMILES string of the molecule is CCCNc1nc(C(C)S(C)(=O)=O)nc2sc(C)cc12. The molecule has 1 unspecified atom stereocenters. The molecule has 0 aliphatic heterocycles. The Hall–Kier alpha value is -1.21. The highest BCUT2D eigenvalue weighted by Gasteiger charge is 2.22. The van der Waals surface area contributed by atoms with Gasteiger partial charge in [0.05, 0.1) is 5.39 Å². The van der Waals surface area contributed by atoms with Crippen LogP contribution in [0.25, 0.3) is 10.2 Å². The maximum Gasteiger partial charge on any atom is 0.157 e. The second-order valence-electron chi connectivity index (χ2n) is 4.90. The molecule has 2 rings (SSSR count). The van der Waals surface area contributed by atoms with Crippen LogP contribution in [0.4, 0.5) is 5.82 Å². The second-order valence-corrected chi connectivity index (χ2v) is 8.51. The molecule has 0 aliphatic rings. The Balaban J connectivity index is 2.57. The van der Waals surface area contributed by atoms with Crippen molar-refractivity contribution < 1.29 is 8.42 Å². The minimum atomic E-state index is -3.20. The lowest BCUT2D eigenvalue weighted by Crippen LogP contribution is -2.13. The van der Waals surface area contributed by atoms with Crippen LogP contribution in [0, 0.1) is 6.92 Å². The Labute approximate surface area is 123 Å². The lowest BCUT2D eigenvalue weighted by atomic mass is 10.3. The zero-order valence-electron chi connectivity index (χ0n) is 12.1. The van der Waals surface area contributed by atoms with Gasteiger partial charge in [-0.15, -0.1) is 11.3 Å². The Morgan fingerprint density at radius 2 is 2.10 bits per heavy atom. The molecule has 2 aromatic heterocycles. The maximum atomic E-state index is 11.7. The average Bonchev–Trinajstić information content (AvgIpc) is 2.73. The summed E-state index contributed by atoms with van der Waals surface area (Å²) in [6.07, 6.45) is 2.19. The summed E-state index contributed by atoms with van der Waals surface area (Å²) in [7, 11) is -3.20. The minimum Gasteiger partial charge on any atom is -0.369 e. The van der Waals surface area contributed by atoms with Crippen LogP contribution in [0.15, 0.2) is 6.07 Å². The molecule has 1 atom stereocenters. The zero-order chi connectivity index (χ0) is 14.9. The summed E-state index contributed by atoms with van der Waals surface area (Å²) in [4.78, 5) is 10.8. The summed E-state index contributed by atoms with van der Waals surface area (Å²) >= 11 is 1.56. The van der Waals surface area contributed by atoms with Crippen molar-refractivity contribution in [1.29, 1.82) is 0 Å². The molecule has 0 spiro atoms. The Kier molecular flexibility index (Phi) is 4.29. The number of hydrogen-bond acceptors (Lipinski definition) is 6. The molecule has 0 saturated carbocycles. The summed E-state index contributed by atoms with van der Waals surface area (Å²) in [5.41, 5.74) is 0. The smallest absolute Gasteiger partial charge is 0.157 e. The maximum absolute atomic E-state index is 11.7. The molecule has 110 valence electrons. The molecular formula is C13H19N3O2S2. The minimum absolute atomic E-state index is 0.362. The van der Waals surface area contributed by atoms with Gasteiger partial charge >= 0.3 is 0 Å². The molecule has 0 amide bonds. The van der Waals surface area contributed by atoms with E-state index in [9.17, 15) is 8.42 Å². The van der Waals surface area contributed by atoms with E-state index in [1.807, 2.05) is 13.0 Å². The lowest BCUT2D eigenvalue weighted by molar-refractivity contribution is 0.589. The van der Waals surface area contributed by atoms with E-state index in [2.05, 4.69) is 22.2 Å². The average molecular weight is 313 g/mol. The number of nitrogens with one attached hydrogen (secondary N) is 1. The monoisotopic (exact) mass is 313 g/mol. The number of aryl methyl sites for hydroxylation is 1. The quantitative estimate of drug-likeness (QED) is 0.919. The van der Waals surface area contributed by atoms with Gasteiger partial charge in [-0.25, -0.2) is 18.4 Å². The number of hydrogen-bond donors (Lipinski definition) is 1. The van der Waals surface area contributed by atoms with Crippen LogP contribution in [0.1, 0.15) is 36.2 Å². The van der Waals surface area contributed by atoms with Crippen molar-refractivity contribution in [2.24, 2.45) is 0 Å². The fourth-order valence-corrected chi connectivity index (χ4v) is 3.18. The van der Waals surface area contributed by atoms with Crippen molar-refractivity contribution in [3.05, 3.63) is 16.8 Å². The summed E-state index contributed by atoms with van der Waals surface area (Å²) in [6.45, 7) is 6.51. The van der Waals surface area contributed by atoms with Gasteiger partial charge in [-0.1, -0.05) is 6.92 Å². The largest absolute Gasteiger partial charge is 0.369 e. The fraction of sp³-hybridized carbons (Fsp3) is 0.538. The van der Waals surface area contributed by atoms with Crippen molar-refractivity contribution in [2.45, 2.75) is 32.4 Å². The topological polar surface area (TPSA) is 72.0 Å². The van der Waals surface area contributed by atoms with E-state index in [-0.39, 0.29) is 0 Å². The molecule has 0 radical (unpaired) electrons. The molecule has 2 heterocycles. The van der Waals surface area contributed by atoms with Crippen LogP contribution in [0.2, 0.25) is 0 Å². The first-order valence-corrected chi connectivity index (χ1v) is 9.31. The van der Waals surface area contributed by atoms with Gasteiger partial charge in [0, 0.05) is 17.7 Å². The summed E-state index contributed by atoms with van der Waals surface area (Å²) < 4.78 is 23.4. The third-order valence-corrected chi connectivity index (χ3v) is 5.52. The molecule has 1 N–H and O–H groups in total. The second kappa shape index (κ2) is 5.65. The first-order valence-electron chi connectivity index (χ1n) is 6.53. The van der Waals surface area contributed by atoms with Crippen LogP contribution < -0.4 is 5.32 Å². The van der Waals surface area contributed by atoms with Gasteiger partial charge in [0.15, 0.2) is 9.84 Å². The summed E-state index contributed by atoms with van der Waals surface area (Å²) in [6, 6.07) is 2.03. The normalized spacial score (nSPS) is 13.6. The van der Waals surface area contributed by atoms with E-state index < -0.39 is 15.1 Å². The van der Waals surface area contributed by atoms with Gasteiger partial charge in [-0.05, 0) is 26.3 Å². The molecule has 2 aromatic rings. The number of fused-ring (bicyclic) bond motifs is 1. The Morgan fingerprint density at radius 3 is 2.70 bits per heavy atom. The molecule has 0 aromatic carbocycles. The van der Waals surface area contributed by atoms with E-state index in [1.165, 1.54) is 6.26 Å². The number of rotatable bonds is 5. The van der Waals surface area contributed by atoms with E-state index >= 15 is 0 Å². The first kappa shape index (κ1) is 15.2. The number of thiophene rings is 1. The number of nitrogens with zero attached hydrogens (tertiary/aromatic N) is 2. The van der Waals surface area contributed by atoms with Crippen molar-refractivity contribution in [2.75, 3.05) is 18.1 Å². The van der Waals surface area contributed by atoms with Crippen molar-refractivity contribution in [3.63, 3.8) is 0 Å². The van der Waals surface area contributed by atoms with Gasteiger partial charge in [0.25, 0.3) is 0 Å². The van der Waals surface area contributed by atoms with Gasteiger partial charge in [0.2, 0.25) is 0 Å². The molecular weight excluding hydrogens is 294 g/mol. The van der Waals surface area contributed by atoms with Crippen LogP contribution in [0.3, 0.4) is 0 Å². The highest BCUT2D eigenvalue weighted by molar-refractivity contribution is 7.90. The van der Waals surface area contributed by atoms with E-state index in [0.29, 0.717) is 5.82 Å². The number of aromatic nitrogens is 2. The Morgan fingerprint density at radius 1 is 1.40 bits per heavy atom. The lowest BCUT2D eigenvalue weighted by Gasteiger charge is -2.11. The van der Waals surface area contributed by atoms with Crippen molar-refractivity contribution in [3.8, 4) is 0 Å². The van der Waals surface area contributed by atoms with Crippen LogP contribution in [0.5, 0.6) is 0 Å². The predicted molar refractivity (Wildman–Crippen MR) is 84.2 cm³/mol. The molecule has 7 heteroatoms. The Bertz CT molecular complexity index is 723. The van der Waals surface area contributed by atoms with Crippen LogP contribution in [-0.2, 0) is 9.84 Å². The third kappa shape index (κ3) is 3.09. The van der Waals surface area contributed by atoms with Crippen molar-refractivity contribution in [1.82, 2.24) is 9.97 Å². The molecule has 0 fully saturated rings. The fourth-order valence-electron chi connectivity index (χ4n) is 1.81. The van der Waals surface area contributed by atoms with Gasteiger partial charge in [-0.2, -0.15) is 0 Å². The molecule has 0 bridgehead atoms. The van der Waals surface area contributed by atoms with Crippen molar-refractivity contribution >= 4 is 37.2 Å².